The maximum absolute atomic E-state index is 13.1. The standard InChI is InChI=1S/C26H31N3O4/c1-2-33-24(30)16-21-9-7-19-8-10-22(15-23(19)25(21)27)26(31)20-5-3-18(4-6-20)17-28-29-11-13-32-14-12-29/h3-6,8,10,15,17,21,25H,2,7,9,11-14,16,27H2,1H3. The minimum atomic E-state index is -0.287. The Morgan fingerprint density at radius 3 is 2.61 bits per heavy atom. The third-order valence-electron chi connectivity index (χ3n) is 6.32. The Morgan fingerprint density at radius 2 is 1.88 bits per heavy atom. The molecule has 1 aliphatic heterocycles. The van der Waals surface area contributed by atoms with Crippen LogP contribution in [0, 0.1) is 5.92 Å². The summed E-state index contributed by atoms with van der Waals surface area (Å²) in [6, 6.07) is 12.9. The molecule has 0 spiro atoms. The quantitative estimate of drug-likeness (QED) is 0.397. The van der Waals surface area contributed by atoms with Crippen LogP contribution in [0.2, 0.25) is 0 Å². The molecule has 1 saturated heterocycles. The number of hydrogen-bond acceptors (Lipinski definition) is 7. The summed E-state index contributed by atoms with van der Waals surface area (Å²) in [5.74, 6) is -0.244. The molecule has 2 atom stereocenters. The van der Waals surface area contributed by atoms with E-state index in [0.717, 1.165) is 42.6 Å². The SMILES string of the molecule is CCOC(=O)CC1CCc2ccc(C(=O)c3ccc(C=NN4CCOCC4)cc3)cc2C1N. The smallest absolute Gasteiger partial charge is 0.306 e. The van der Waals surface area contributed by atoms with Gasteiger partial charge in [0.2, 0.25) is 0 Å². The maximum atomic E-state index is 13.1. The summed E-state index contributed by atoms with van der Waals surface area (Å²) in [5, 5.41) is 6.46. The van der Waals surface area contributed by atoms with Crippen molar-refractivity contribution in [3.8, 4) is 0 Å². The van der Waals surface area contributed by atoms with Crippen LogP contribution in [0.15, 0.2) is 47.6 Å². The number of fused-ring (bicyclic) bond motifs is 1. The van der Waals surface area contributed by atoms with Gasteiger partial charge in [-0.25, -0.2) is 0 Å². The van der Waals surface area contributed by atoms with Gasteiger partial charge < -0.3 is 15.2 Å². The second kappa shape index (κ2) is 10.7. The minimum Gasteiger partial charge on any atom is -0.466 e. The van der Waals surface area contributed by atoms with E-state index in [1.807, 2.05) is 47.5 Å². The highest BCUT2D eigenvalue weighted by molar-refractivity contribution is 6.09. The van der Waals surface area contributed by atoms with Gasteiger partial charge in [-0.3, -0.25) is 14.6 Å². The van der Waals surface area contributed by atoms with Gasteiger partial charge in [-0.2, -0.15) is 5.10 Å². The number of carbonyl (C=O) groups excluding carboxylic acids is 2. The lowest BCUT2D eigenvalue weighted by Crippen LogP contribution is -2.32. The summed E-state index contributed by atoms with van der Waals surface area (Å²) >= 11 is 0. The summed E-state index contributed by atoms with van der Waals surface area (Å²) in [6.45, 7) is 5.13. The second-order valence-electron chi connectivity index (χ2n) is 8.51. The average molecular weight is 450 g/mol. The van der Waals surface area contributed by atoms with Crippen molar-refractivity contribution < 1.29 is 19.1 Å². The summed E-state index contributed by atoms with van der Waals surface area (Å²) < 4.78 is 10.4. The Bertz CT molecular complexity index is 1010. The van der Waals surface area contributed by atoms with Crippen LogP contribution >= 0.6 is 0 Å². The fourth-order valence-corrected chi connectivity index (χ4v) is 4.42. The highest BCUT2D eigenvalue weighted by atomic mass is 16.5. The first-order valence-corrected chi connectivity index (χ1v) is 11.6. The molecular weight excluding hydrogens is 418 g/mol. The molecule has 2 aromatic carbocycles. The van der Waals surface area contributed by atoms with Gasteiger partial charge in [-0.15, -0.1) is 0 Å². The molecule has 7 nitrogen and oxygen atoms in total. The number of hydrogen-bond donors (Lipinski definition) is 1. The summed E-state index contributed by atoms with van der Waals surface area (Å²) in [6.07, 6.45) is 3.80. The van der Waals surface area contributed by atoms with Crippen molar-refractivity contribution in [3.63, 3.8) is 0 Å². The Labute approximate surface area is 194 Å². The van der Waals surface area contributed by atoms with E-state index in [1.165, 1.54) is 0 Å². The molecule has 2 aliphatic rings. The van der Waals surface area contributed by atoms with Gasteiger partial charge in [-0.1, -0.05) is 36.4 Å². The van der Waals surface area contributed by atoms with Gasteiger partial charge >= 0.3 is 5.97 Å². The molecule has 0 bridgehead atoms. The molecule has 2 N–H and O–H groups in total. The van der Waals surface area contributed by atoms with Crippen molar-refractivity contribution >= 4 is 18.0 Å². The van der Waals surface area contributed by atoms with Gasteiger partial charge in [0, 0.05) is 17.2 Å². The first-order valence-electron chi connectivity index (χ1n) is 11.6. The number of nitrogens with two attached hydrogens (primary N) is 1. The number of esters is 1. The van der Waals surface area contributed by atoms with Gasteiger partial charge in [0.05, 0.1) is 45.5 Å². The maximum Gasteiger partial charge on any atom is 0.306 e. The highest BCUT2D eigenvalue weighted by Gasteiger charge is 2.29. The predicted molar refractivity (Wildman–Crippen MR) is 126 cm³/mol. The molecule has 2 aromatic rings. The minimum absolute atomic E-state index is 0.0203. The molecule has 1 fully saturated rings. The highest BCUT2D eigenvalue weighted by Crippen LogP contribution is 2.35. The molecule has 1 heterocycles. The third-order valence-corrected chi connectivity index (χ3v) is 6.32. The number of aryl methyl sites for hydroxylation is 1. The van der Waals surface area contributed by atoms with Crippen LogP contribution in [0.25, 0.3) is 0 Å². The first kappa shape index (κ1) is 23.1. The van der Waals surface area contributed by atoms with Crippen LogP contribution in [0.5, 0.6) is 0 Å². The Balaban J connectivity index is 1.45. The first-order chi connectivity index (χ1) is 16.0. The number of morpholine rings is 1. The molecule has 33 heavy (non-hydrogen) atoms. The van der Waals surface area contributed by atoms with Crippen molar-refractivity contribution in [2.24, 2.45) is 16.8 Å². The topological polar surface area (TPSA) is 94.2 Å². The van der Waals surface area contributed by atoms with Gasteiger partial charge in [0.15, 0.2) is 5.78 Å². The molecule has 7 heteroatoms. The van der Waals surface area contributed by atoms with Crippen molar-refractivity contribution in [2.45, 2.75) is 32.2 Å². The van der Waals surface area contributed by atoms with E-state index in [9.17, 15) is 9.59 Å². The number of ether oxygens (including phenoxy) is 2. The lowest BCUT2D eigenvalue weighted by atomic mass is 9.77. The molecule has 2 unspecified atom stereocenters. The molecule has 1 aliphatic carbocycles. The fourth-order valence-electron chi connectivity index (χ4n) is 4.42. The van der Waals surface area contributed by atoms with E-state index in [0.29, 0.717) is 37.4 Å². The summed E-state index contributed by atoms with van der Waals surface area (Å²) in [5.41, 5.74) is 10.8. The zero-order valence-corrected chi connectivity index (χ0v) is 19.0. The Kier molecular flexibility index (Phi) is 7.52. The molecule has 0 amide bonds. The van der Waals surface area contributed by atoms with Crippen molar-refractivity contribution in [1.82, 2.24) is 5.01 Å². The van der Waals surface area contributed by atoms with Gasteiger partial charge in [0.25, 0.3) is 0 Å². The normalized spacial score (nSPS) is 20.5. The van der Waals surface area contributed by atoms with E-state index < -0.39 is 0 Å². The van der Waals surface area contributed by atoms with E-state index in [-0.39, 0.29) is 23.7 Å². The molecule has 4 rings (SSSR count). The summed E-state index contributed by atoms with van der Waals surface area (Å²) in [7, 11) is 0. The van der Waals surface area contributed by atoms with E-state index in [2.05, 4.69) is 5.10 Å². The Morgan fingerprint density at radius 1 is 1.15 bits per heavy atom. The number of hydrazone groups is 1. The summed E-state index contributed by atoms with van der Waals surface area (Å²) in [4.78, 5) is 25.1. The molecule has 0 saturated carbocycles. The van der Waals surface area contributed by atoms with Crippen LogP contribution in [0.3, 0.4) is 0 Å². The van der Waals surface area contributed by atoms with Crippen LogP contribution in [-0.4, -0.2) is 55.9 Å². The van der Waals surface area contributed by atoms with Crippen LogP contribution in [0.1, 0.15) is 58.4 Å². The molecular formula is C26H31N3O4. The number of carbonyl (C=O) groups is 2. The van der Waals surface area contributed by atoms with Crippen molar-refractivity contribution in [2.75, 3.05) is 32.9 Å². The zero-order valence-electron chi connectivity index (χ0n) is 19.0. The lowest BCUT2D eigenvalue weighted by Gasteiger charge is -2.30. The Hall–Kier alpha value is -3.03. The third kappa shape index (κ3) is 5.67. The van der Waals surface area contributed by atoms with Crippen LogP contribution in [-0.2, 0) is 20.7 Å². The van der Waals surface area contributed by atoms with E-state index >= 15 is 0 Å². The number of benzene rings is 2. The van der Waals surface area contributed by atoms with Crippen LogP contribution in [0.4, 0.5) is 0 Å². The number of ketones is 1. The molecule has 0 aromatic heterocycles. The van der Waals surface area contributed by atoms with E-state index in [1.54, 1.807) is 13.1 Å². The van der Waals surface area contributed by atoms with Crippen LogP contribution < -0.4 is 5.73 Å². The number of rotatable bonds is 7. The van der Waals surface area contributed by atoms with Gasteiger partial charge in [-0.05, 0) is 48.4 Å². The average Bonchev–Trinajstić information content (AvgIpc) is 2.85. The molecule has 0 radical (unpaired) electrons. The number of nitrogens with zero attached hydrogens (tertiary/aromatic N) is 2. The van der Waals surface area contributed by atoms with Crippen molar-refractivity contribution in [3.05, 3.63) is 70.3 Å². The van der Waals surface area contributed by atoms with Crippen molar-refractivity contribution in [1.29, 1.82) is 0 Å². The monoisotopic (exact) mass is 449 g/mol. The zero-order chi connectivity index (χ0) is 23.2. The second-order valence-corrected chi connectivity index (χ2v) is 8.51. The van der Waals surface area contributed by atoms with E-state index in [4.69, 9.17) is 15.2 Å². The fraction of sp³-hybridized carbons (Fsp3) is 0.423. The molecule has 174 valence electrons. The largest absolute Gasteiger partial charge is 0.466 e. The van der Waals surface area contributed by atoms with Gasteiger partial charge in [0.1, 0.15) is 0 Å². The lowest BCUT2D eigenvalue weighted by molar-refractivity contribution is -0.144. The predicted octanol–water partition coefficient (Wildman–Crippen LogP) is 3.10.